The first-order valence-electron chi connectivity index (χ1n) is 4.54. The van der Waals surface area contributed by atoms with Gasteiger partial charge in [-0.25, -0.2) is 14.4 Å². The van der Waals surface area contributed by atoms with Crippen molar-refractivity contribution >= 4 is 29.2 Å². The van der Waals surface area contributed by atoms with Gasteiger partial charge in [0.2, 0.25) is 0 Å². The fourth-order valence-electron chi connectivity index (χ4n) is 1.00. The summed E-state index contributed by atoms with van der Waals surface area (Å²) in [5, 5.41) is 10.1. The molecule has 1 aromatic heterocycles. The highest BCUT2D eigenvalue weighted by atomic mass is 32.1. The third-order valence-corrected chi connectivity index (χ3v) is 2.63. The van der Waals surface area contributed by atoms with Crippen LogP contribution in [0, 0.1) is 0 Å². The van der Waals surface area contributed by atoms with Gasteiger partial charge in [0.25, 0.3) is 0 Å². The van der Waals surface area contributed by atoms with Crippen LogP contribution in [0.3, 0.4) is 0 Å². The van der Waals surface area contributed by atoms with E-state index in [9.17, 15) is 14.4 Å². The van der Waals surface area contributed by atoms with Crippen molar-refractivity contribution in [3.05, 3.63) is 28.8 Å². The van der Waals surface area contributed by atoms with Crippen LogP contribution in [0.1, 0.15) is 10.4 Å². The lowest BCUT2D eigenvalue weighted by atomic mass is 10.3. The van der Waals surface area contributed by atoms with Crippen LogP contribution in [0.15, 0.2) is 23.2 Å². The van der Waals surface area contributed by atoms with Gasteiger partial charge in [-0.2, -0.15) is 0 Å². The quantitative estimate of drug-likeness (QED) is 0.351. The lowest BCUT2D eigenvalue weighted by Gasteiger charge is -2.04. The molecule has 1 rings (SSSR count). The Kier molecular flexibility index (Phi) is 4.44. The Labute approximate surface area is 105 Å². The SMILES string of the molecule is COC(=O)c1ccsc1OC(=O)C(=CN)C(=O)O. The monoisotopic (exact) mass is 271 g/mol. The molecule has 8 heteroatoms. The molecule has 0 aliphatic heterocycles. The highest BCUT2D eigenvalue weighted by Crippen LogP contribution is 2.27. The summed E-state index contributed by atoms with van der Waals surface area (Å²) >= 11 is 0.956. The Hall–Kier alpha value is -2.35. The fourth-order valence-corrected chi connectivity index (χ4v) is 1.73. The van der Waals surface area contributed by atoms with E-state index in [4.69, 9.17) is 15.6 Å². The van der Waals surface area contributed by atoms with Gasteiger partial charge < -0.3 is 20.3 Å². The largest absolute Gasteiger partial charge is 0.477 e. The lowest BCUT2D eigenvalue weighted by molar-refractivity contribution is -0.138. The van der Waals surface area contributed by atoms with Crippen molar-refractivity contribution in [3.63, 3.8) is 0 Å². The summed E-state index contributed by atoms with van der Waals surface area (Å²) in [7, 11) is 1.17. The number of thiophene rings is 1. The number of hydrogen-bond acceptors (Lipinski definition) is 7. The molecule has 0 saturated carbocycles. The molecule has 18 heavy (non-hydrogen) atoms. The van der Waals surface area contributed by atoms with Gasteiger partial charge in [-0.15, -0.1) is 11.3 Å². The van der Waals surface area contributed by atoms with Gasteiger partial charge in [-0.05, 0) is 11.4 Å². The van der Waals surface area contributed by atoms with Gasteiger partial charge in [-0.1, -0.05) is 0 Å². The number of rotatable bonds is 4. The second kappa shape index (κ2) is 5.82. The van der Waals surface area contributed by atoms with Crippen LogP contribution >= 0.6 is 11.3 Å². The maximum atomic E-state index is 11.4. The summed E-state index contributed by atoms with van der Waals surface area (Å²) < 4.78 is 9.24. The molecule has 0 aromatic carbocycles. The number of carboxylic acids is 1. The molecular weight excluding hydrogens is 262 g/mol. The first-order valence-corrected chi connectivity index (χ1v) is 5.42. The summed E-state index contributed by atoms with van der Waals surface area (Å²) in [6.07, 6.45) is 0.621. The predicted molar refractivity (Wildman–Crippen MR) is 61.2 cm³/mol. The van der Waals surface area contributed by atoms with E-state index in [1.807, 2.05) is 0 Å². The molecule has 0 unspecified atom stereocenters. The van der Waals surface area contributed by atoms with Crippen molar-refractivity contribution < 1.29 is 29.0 Å². The summed E-state index contributed by atoms with van der Waals surface area (Å²) in [5.74, 6) is -3.36. The highest BCUT2D eigenvalue weighted by Gasteiger charge is 2.23. The highest BCUT2D eigenvalue weighted by molar-refractivity contribution is 7.12. The molecule has 0 atom stereocenters. The molecule has 0 aliphatic carbocycles. The molecule has 96 valence electrons. The standard InChI is InChI=1S/C10H9NO6S/c1-16-8(14)5-2-3-18-10(5)17-9(15)6(4-11)7(12)13/h2-4H,11H2,1H3,(H,12,13). The minimum Gasteiger partial charge on any atom is -0.477 e. The number of carbonyl (C=O) groups is 3. The summed E-state index contributed by atoms with van der Waals surface area (Å²) in [6, 6.07) is 1.39. The van der Waals surface area contributed by atoms with Crippen molar-refractivity contribution in [3.8, 4) is 5.06 Å². The van der Waals surface area contributed by atoms with E-state index in [0.717, 1.165) is 11.3 Å². The molecule has 0 fully saturated rings. The molecule has 3 N–H and O–H groups in total. The minimum atomic E-state index is -1.52. The van der Waals surface area contributed by atoms with Crippen molar-refractivity contribution in [1.82, 2.24) is 0 Å². The van der Waals surface area contributed by atoms with E-state index in [-0.39, 0.29) is 10.6 Å². The number of aliphatic carboxylic acids is 1. The van der Waals surface area contributed by atoms with Gasteiger partial charge in [-0.3, -0.25) is 0 Å². The summed E-state index contributed by atoms with van der Waals surface area (Å²) in [5.41, 5.74) is 4.31. The van der Waals surface area contributed by atoms with Crippen LogP contribution in [0.5, 0.6) is 5.06 Å². The van der Waals surface area contributed by atoms with Crippen molar-refractivity contribution in [2.75, 3.05) is 7.11 Å². The van der Waals surface area contributed by atoms with E-state index in [0.29, 0.717) is 6.20 Å². The Morgan fingerprint density at radius 2 is 2.11 bits per heavy atom. The van der Waals surface area contributed by atoms with Crippen LogP contribution < -0.4 is 10.5 Å². The number of carbonyl (C=O) groups excluding carboxylic acids is 2. The number of nitrogens with two attached hydrogens (primary N) is 1. The average molecular weight is 271 g/mol. The third-order valence-electron chi connectivity index (χ3n) is 1.84. The van der Waals surface area contributed by atoms with Crippen LogP contribution in [0.2, 0.25) is 0 Å². The second-order valence-corrected chi connectivity index (χ2v) is 3.77. The van der Waals surface area contributed by atoms with E-state index < -0.39 is 23.5 Å². The van der Waals surface area contributed by atoms with Gasteiger partial charge in [0.05, 0.1) is 7.11 Å². The maximum absolute atomic E-state index is 11.4. The lowest BCUT2D eigenvalue weighted by Crippen LogP contribution is -2.19. The van der Waals surface area contributed by atoms with Gasteiger partial charge in [0.1, 0.15) is 5.56 Å². The van der Waals surface area contributed by atoms with E-state index in [2.05, 4.69) is 4.74 Å². The Morgan fingerprint density at radius 3 is 2.61 bits per heavy atom. The maximum Gasteiger partial charge on any atom is 0.353 e. The predicted octanol–water partition coefficient (Wildman–Crippen LogP) is 0.367. The zero-order valence-electron chi connectivity index (χ0n) is 9.21. The minimum absolute atomic E-state index is 0.0395. The summed E-state index contributed by atoms with van der Waals surface area (Å²) in [6.45, 7) is 0. The molecular formula is C10H9NO6S. The average Bonchev–Trinajstić information content (AvgIpc) is 2.76. The Bertz CT molecular complexity index is 518. The normalized spacial score (nSPS) is 10.8. The van der Waals surface area contributed by atoms with Crippen LogP contribution in [-0.4, -0.2) is 30.1 Å². The summed E-state index contributed by atoms with van der Waals surface area (Å²) in [4.78, 5) is 33.4. The Balaban J connectivity index is 2.92. The van der Waals surface area contributed by atoms with Crippen molar-refractivity contribution in [1.29, 1.82) is 0 Å². The number of ether oxygens (including phenoxy) is 2. The number of methoxy groups -OCH3 is 1. The van der Waals surface area contributed by atoms with Crippen LogP contribution in [0.4, 0.5) is 0 Å². The number of esters is 2. The van der Waals surface area contributed by atoms with Gasteiger partial charge in [0, 0.05) is 6.20 Å². The molecule has 0 saturated heterocycles. The molecule has 0 aliphatic rings. The Morgan fingerprint density at radius 1 is 1.44 bits per heavy atom. The van der Waals surface area contributed by atoms with Gasteiger partial charge >= 0.3 is 17.9 Å². The second-order valence-electron chi connectivity index (χ2n) is 2.89. The van der Waals surface area contributed by atoms with E-state index in [1.54, 1.807) is 0 Å². The van der Waals surface area contributed by atoms with Crippen LogP contribution in [0.25, 0.3) is 0 Å². The van der Waals surface area contributed by atoms with E-state index in [1.165, 1.54) is 18.6 Å². The fraction of sp³-hybridized carbons (Fsp3) is 0.100. The smallest absolute Gasteiger partial charge is 0.353 e. The first kappa shape index (κ1) is 13.7. The molecule has 1 aromatic rings. The first-order chi connectivity index (χ1) is 8.51. The zero-order valence-corrected chi connectivity index (χ0v) is 10.0. The van der Waals surface area contributed by atoms with Crippen molar-refractivity contribution in [2.24, 2.45) is 5.73 Å². The molecule has 0 spiro atoms. The number of carboxylic acid groups (broad SMARTS) is 1. The molecule has 7 nitrogen and oxygen atoms in total. The topological polar surface area (TPSA) is 116 Å². The zero-order chi connectivity index (χ0) is 13.7. The number of hydrogen-bond donors (Lipinski definition) is 2. The molecule has 0 amide bonds. The van der Waals surface area contributed by atoms with Crippen LogP contribution in [-0.2, 0) is 14.3 Å². The van der Waals surface area contributed by atoms with E-state index >= 15 is 0 Å². The molecule has 1 heterocycles. The third kappa shape index (κ3) is 2.86. The van der Waals surface area contributed by atoms with Gasteiger partial charge in [0.15, 0.2) is 10.6 Å². The van der Waals surface area contributed by atoms with Crippen molar-refractivity contribution in [2.45, 2.75) is 0 Å². The molecule has 0 bridgehead atoms. The molecule has 0 radical (unpaired) electrons.